The molecule has 0 aromatic carbocycles. The molecule has 0 amide bonds. The summed E-state index contributed by atoms with van der Waals surface area (Å²) in [5, 5.41) is 0. The Morgan fingerprint density at radius 1 is 1.25 bits per heavy atom. The van der Waals surface area contributed by atoms with Crippen LogP contribution in [0.5, 0.6) is 0 Å². The number of hydrogen-bond acceptors (Lipinski definition) is 0. The molecule has 0 rings (SSSR count). The summed E-state index contributed by atoms with van der Waals surface area (Å²) >= 11 is -1.92. The van der Waals surface area contributed by atoms with E-state index < -0.39 is 14.7 Å². The Bertz CT molecular complexity index is 26.8. The molecule has 0 saturated carbocycles. The topological polar surface area (TPSA) is 0 Å². The molecule has 0 aliphatic carbocycles. The molecule has 0 bridgehead atoms. The fourth-order valence-electron chi connectivity index (χ4n) is 0. The number of hydrogen-bond donors (Lipinski definition) is 0. The molecule has 0 atom stereocenters. The first-order valence-corrected chi connectivity index (χ1v) is 8.58. The molecular weight excluding hydrogens is 202 g/mol. The second-order valence-electron chi connectivity index (χ2n) is 1.61. The Kier molecular flexibility index (Phi) is 13.2. The number of rotatable bonds is 0. The van der Waals surface area contributed by atoms with Gasteiger partial charge in [-0.1, -0.05) is 13.8 Å². The summed E-state index contributed by atoms with van der Waals surface area (Å²) in [5.41, 5.74) is 0. The Labute approximate surface area is 69.0 Å². The van der Waals surface area contributed by atoms with Gasteiger partial charge in [-0.3, -0.25) is 0 Å². The van der Waals surface area contributed by atoms with E-state index in [4.69, 9.17) is 27.9 Å². The van der Waals surface area contributed by atoms with E-state index in [-0.39, 0.29) is 0 Å². The molecule has 50 valence electrons. The van der Waals surface area contributed by atoms with E-state index in [0.717, 1.165) is 0 Å². The van der Waals surface area contributed by atoms with Crippen molar-refractivity contribution in [1.82, 2.24) is 0 Å². The van der Waals surface area contributed by atoms with Crippen LogP contribution in [0.3, 0.4) is 0 Å². The Morgan fingerprint density at radius 2 is 1.25 bits per heavy atom. The van der Waals surface area contributed by atoms with Gasteiger partial charge in [0.05, 0.1) is 0 Å². The van der Waals surface area contributed by atoms with Crippen LogP contribution in [-0.2, 0) is 14.7 Å². The van der Waals surface area contributed by atoms with E-state index in [0.29, 0.717) is 5.92 Å². The second-order valence-corrected chi connectivity index (χ2v) is 9.35. The van der Waals surface area contributed by atoms with Crippen molar-refractivity contribution in [3.05, 3.63) is 6.92 Å². The van der Waals surface area contributed by atoms with Crippen molar-refractivity contribution in [1.29, 1.82) is 0 Å². The van der Waals surface area contributed by atoms with Crippen LogP contribution in [0.2, 0.25) is 0 Å². The van der Waals surface area contributed by atoms with E-state index in [9.17, 15) is 0 Å². The average Bonchev–Trinajstić information content (AvgIpc) is 1.25. The Balaban J connectivity index is 0. The molecule has 0 fully saturated rings. The van der Waals surface area contributed by atoms with Crippen LogP contribution in [0, 0.1) is 12.8 Å². The minimum atomic E-state index is -1.92. The molecular formula is C4H9Cl3Ti. The quantitative estimate of drug-likeness (QED) is 0.424. The number of halogens is 3. The summed E-state index contributed by atoms with van der Waals surface area (Å²) in [6, 6.07) is 0. The van der Waals surface area contributed by atoms with Crippen LogP contribution >= 0.6 is 27.9 Å². The van der Waals surface area contributed by atoms with Crippen molar-refractivity contribution in [3.63, 3.8) is 0 Å². The molecule has 0 unspecified atom stereocenters. The minimum absolute atomic E-state index is 0.583. The van der Waals surface area contributed by atoms with E-state index in [1.807, 2.05) is 0 Å². The average molecular weight is 211 g/mol. The maximum absolute atomic E-state index is 4.97. The third-order valence-electron chi connectivity index (χ3n) is 0. The van der Waals surface area contributed by atoms with Gasteiger partial charge in [-0.15, -0.1) is 0 Å². The normalized spacial score (nSPS) is 7.88. The molecule has 0 aromatic rings. The zero-order chi connectivity index (χ0) is 7.15. The van der Waals surface area contributed by atoms with Crippen LogP contribution < -0.4 is 0 Å². The standard InChI is InChI=1S/C4H9.3ClH.Ti/c1-4(2)3;;;;/h4H,1H2,2-3H3;3*1H;/q-1;;;;+4/p-3. The van der Waals surface area contributed by atoms with Gasteiger partial charge in [0.15, 0.2) is 0 Å². The van der Waals surface area contributed by atoms with Gasteiger partial charge < -0.3 is 6.92 Å². The van der Waals surface area contributed by atoms with E-state index in [1.165, 1.54) is 0 Å². The predicted molar refractivity (Wildman–Crippen MR) is 37.8 cm³/mol. The molecule has 0 N–H and O–H groups in total. The van der Waals surface area contributed by atoms with Crippen molar-refractivity contribution in [2.45, 2.75) is 13.8 Å². The van der Waals surface area contributed by atoms with Gasteiger partial charge in [-0.05, 0) is 0 Å². The summed E-state index contributed by atoms with van der Waals surface area (Å²) in [5.74, 6) is 0.583. The second kappa shape index (κ2) is 8.58. The molecule has 0 heterocycles. The van der Waals surface area contributed by atoms with Crippen molar-refractivity contribution in [2.75, 3.05) is 0 Å². The van der Waals surface area contributed by atoms with Gasteiger partial charge in [-0.25, -0.2) is 0 Å². The summed E-state index contributed by atoms with van der Waals surface area (Å²) in [6.07, 6.45) is 0. The maximum atomic E-state index is 4.97. The predicted octanol–water partition coefficient (Wildman–Crippen LogP) is 3.54. The van der Waals surface area contributed by atoms with E-state index in [1.54, 1.807) is 0 Å². The van der Waals surface area contributed by atoms with Crippen molar-refractivity contribution >= 4 is 27.9 Å². The Morgan fingerprint density at radius 3 is 1.25 bits per heavy atom. The molecule has 0 spiro atoms. The molecule has 0 saturated heterocycles. The molecule has 4 heteroatoms. The molecule has 8 heavy (non-hydrogen) atoms. The zero-order valence-electron chi connectivity index (χ0n) is 4.92. The molecule has 0 aliphatic rings. The first-order chi connectivity index (χ1) is 3.46. The van der Waals surface area contributed by atoms with Crippen molar-refractivity contribution in [2.24, 2.45) is 5.92 Å². The Hall–Kier alpha value is 1.58. The third kappa shape index (κ3) is 131. The third-order valence-corrected chi connectivity index (χ3v) is 0. The summed E-state index contributed by atoms with van der Waals surface area (Å²) in [4.78, 5) is 0. The monoisotopic (exact) mass is 210 g/mol. The van der Waals surface area contributed by atoms with Gasteiger partial charge in [-0.2, -0.15) is 5.92 Å². The summed E-state index contributed by atoms with van der Waals surface area (Å²) in [7, 11) is 14.9. The van der Waals surface area contributed by atoms with Crippen molar-refractivity contribution < 1.29 is 14.7 Å². The van der Waals surface area contributed by atoms with Gasteiger partial charge in [0.1, 0.15) is 0 Å². The van der Waals surface area contributed by atoms with E-state index in [2.05, 4.69) is 20.8 Å². The molecule has 0 aliphatic heterocycles. The first kappa shape index (κ1) is 12.3. The van der Waals surface area contributed by atoms with Crippen LogP contribution in [0.1, 0.15) is 13.8 Å². The molecule has 0 nitrogen and oxygen atoms in total. The molecule has 0 radical (unpaired) electrons. The van der Waals surface area contributed by atoms with Gasteiger partial charge in [0.25, 0.3) is 0 Å². The van der Waals surface area contributed by atoms with Gasteiger partial charge >= 0.3 is 42.6 Å². The van der Waals surface area contributed by atoms with Crippen LogP contribution in [0.15, 0.2) is 0 Å². The van der Waals surface area contributed by atoms with Gasteiger partial charge in [0, 0.05) is 0 Å². The zero-order valence-corrected chi connectivity index (χ0v) is 8.75. The fourth-order valence-corrected chi connectivity index (χ4v) is 0. The fraction of sp³-hybridized carbons (Fsp3) is 0.750. The van der Waals surface area contributed by atoms with Gasteiger partial charge in [0.2, 0.25) is 0 Å². The van der Waals surface area contributed by atoms with Crippen LogP contribution in [0.4, 0.5) is 0 Å². The summed E-state index contributed by atoms with van der Waals surface area (Å²) in [6.45, 7) is 7.75. The summed E-state index contributed by atoms with van der Waals surface area (Å²) < 4.78 is 0. The van der Waals surface area contributed by atoms with Crippen LogP contribution in [0.25, 0.3) is 0 Å². The SMILES string of the molecule is [CH2-]C(C)C.[Cl][Ti+]([Cl])[Cl]. The molecule has 0 aromatic heterocycles. The van der Waals surface area contributed by atoms with Crippen LogP contribution in [-0.4, -0.2) is 0 Å². The first-order valence-electron chi connectivity index (χ1n) is 2.13. The van der Waals surface area contributed by atoms with Crippen molar-refractivity contribution in [3.8, 4) is 0 Å². The van der Waals surface area contributed by atoms with E-state index >= 15 is 0 Å².